The molecule has 0 aromatic rings. The van der Waals surface area contributed by atoms with Gasteiger partial charge in [-0.3, -0.25) is 0 Å². The molecule has 0 aromatic carbocycles. The normalized spacial score (nSPS) is 55.5. The van der Waals surface area contributed by atoms with Gasteiger partial charge in [-0.2, -0.15) is 0 Å². The van der Waals surface area contributed by atoms with Crippen LogP contribution in [0.1, 0.15) is 0 Å². The van der Waals surface area contributed by atoms with Gasteiger partial charge in [-0.15, -0.1) is 0 Å². The Balaban J connectivity index is 2.92. The minimum atomic E-state index is -0.473. The summed E-state index contributed by atoms with van der Waals surface area (Å²) in [6, 6.07) is -3.31. The third kappa shape index (κ3) is 1.75. The summed E-state index contributed by atoms with van der Waals surface area (Å²) in [5.41, 5.74) is 40.6. The molecule has 0 radical (unpaired) electrons. The summed E-state index contributed by atoms with van der Waals surface area (Å²) < 4.78 is 0. The first-order chi connectivity index (χ1) is 6.37. The van der Waals surface area contributed by atoms with E-state index in [1.807, 2.05) is 0 Å². The van der Waals surface area contributed by atoms with Crippen LogP contribution in [0.25, 0.3) is 0 Å². The molecule has 0 unspecified atom stereocenters. The lowest BCUT2D eigenvalue weighted by Gasteiger charge is -2.28. The maximum atomic E-state index is 5.81. The largest absolute Gasteiger partial charge is 0.325 e. The smallest absolute Gasteiger partial charge is 0.0378 e. The van der Waals surface area contributed by atoms with Crippen molar-refractivity contribution in [2.45, 2.75) is 42.3 Å². The maximum Gasteiger partial charge on any atom is 0.0378 e. The van der Waals surface area contributed by atoms with Crippen molar-refractivity contribution in [3.05, 3.63) is 0 Å². The minimum Gasteiger partial charge on any atom is -0.325 e. The second-order valence-electron chi connectivity index (χ2n) is 4.04. The van der Waals surface area contributed by atoms with Crippen molar-refractivity contribution in [1.29, 1.82) is 0 Å². The minimum absolute atomic E-state index is 0.473. The second-order valence-corrected chi connectivity index (χ2v) is 4.04. The SMILES string of the molecule is NC1C(N)C(N)C(N)C(N)C(N)C1N. The molecule has 0 aromatic heterocycles. The lowest BCUT2D eigenvalue weighted by atomic mass is 9.96. The molecule has 14 N–H and O–H groups in total. The van der Waals surface area contributed by atoms with E-state index in [0.717, 1.165) is 0 Å². The summed E-state index contributed by atoms with van der Waals surface area (Å²) in [6.45, 7) is 0. The molecule has 0 spiro atoms. The van der Waals surface area contributed by atoms with E-state index in [-0.39, 0.29) is 0 Å². The van der Waals surface area contributed by atoms with Crippen LogP contribution in [0.2, 0.25) is 0 Å². The third-order valence-corrected chi connectivity index (χ3v) is 3.11. The van der Waals surface area contributed by atoms with Crippen molar-refractivity contribution in [1.82, 2.24) is 0 Å². The molecule has 1 rings (SSSR count). The summed E-state index contributed by atoms with van der Waals surface area (Å²) in [4.78, 5) is 0. The Kier molecular flexibility index (Phi) is 3.43. The van der Waals surface area contributed by atoms with Gasteiger partial charge in [-0.05, 0) is 0 Å². The monoisotopic (exact) mass is 203 g/mol. The van der Waals surface area contributed by atoms with Crippen LogP contribution in [0.4, 0.5) is 0 Å². The Morgan fingerprint density at radius 3 is 0.429 bits per heavy atom. The van der Waals surface area contributed by atoms with Crippen molar-refractivity contribution < 1.29 is 0 Å². The summed E-state index contributed by atoms with van der Waals surface area (Å²) in [5, 5.41) is 0. The van der Waals surface area contributed by atoms with Crippen LogP contribution in [0, 0.1) is 0 Å². The van der Waals surface area contributed by atoms with Crippen molar-refractivity contribution in [2.24, 2.45) is 40.1 Å². The zero-order valence-corrected chi connectivity index (χ0v) is 8.08. The van der Waals surface area contributed by atoms with Crippen molar-refractivity contribution in [3.8, 4) is 0 Å². The lowest BCUT2D eigenvalue weighted by Crippen LogP contribution is -2.63. The van der Waals surface area contributed by atoms with Gasteiger partial charge in [-0.1, -0.05) is 0 Å². The van der Waals surface area contributed by atoms with Crippen molar-refractivity contribution >= 4 is 0 Å². The van der Waals surface area contributed by atoms with E-state index in [1.54, 1.807) is 0 Å². The molecule has 0 bridgehead atoms. The molecular weight excluding hydrogens is 182 g/mol. The van der Waals surface area contributed by atoms with Gasteiger partial charge in [0, 0.05) is 42.3 Å². The van der Waals surface area contributed by atoms with Gasteiger partial charge in [0.2, 0.25) is 0 Å². The first-order valence-electron chi connectivity index (χ1n) is 4.67. The van der Waals surface area contributed by atoms with Crippen LogP contribution in [0.5, 0.6) is 0 Å². The molecule has 7 nitrogen and oxygen atoms in total. The molecule has 1 saturated carbocycles. The van der Waals surface area contributed by atoms with Gasteiger partial charge in [0.1, 0.15) is 0 Å². The third-order valence-electron chi connectivity index (χ3n) is 3.11. The fraction of sp³-hybridized carbons (Fsp3) is 1.00. The van der Waals surface area contributed by atoms with Crippen molar-refractivity contribution in [3.63, 3.8) is 0 Å². The van der Waals surface area contributed by atoms with Crippen LogP contribution < -0.4 is 40.1 Å². The lowest BCUT2D eigenvalue weighted by molar-refractivity contribution is 0.395. The fourth-order valence-corrected chi connectivity index (χ4v) is 1.80. The van der Waals surface area contributed by atoms with E-state index in [9.17, 15) is 0 Å². The Morgan fingerprint density at radius 2 is 0.357 bits per heavy atom. The number of hydrogen-bond acceptors (Lipinski definition) is 7. The topological polar surface area (TPSA) is 182 Å². The van der Waals surface area contributed by atoms with Gasteiger partial charge < -0.3 is 40.1 Å². The van der Waals surface area contributed by atoms with Crippen molar-refractivity contribution in [2.75, 3.05) is 0 Å². The van der Waals surface area contributed by atoms with Gasteiger partial charge in [0.15, 0.2) is 0 Å². The summed E-state index contributed by atoms with van der Waals surface area (Å²) >= 11 is 0. The standard InChI is InChI=1S/C7H21N7/c8-1-2(9)4(11)6(13)7(14)5(12)3(1)10/h1-7H,8-14H2. The molecular formula is C7H21N7. The van der Waals surface area contributed by atoms with Crippen LogP contribution in [0.3, 0.4) is 0 Å². The predicted molar refractivity (Wildman–Crippen MR) is 55.8 cm³/mol. The fourth-order valence-electron chi connectivity index (χ4n) is 1.80. The summed E-state index contributed by atoms with van der Waals surface area (Å²) in [7, 11) is 0. The quantitative estimate of drug-likeness (QED) is 0.193. The molecule has 14 heavy (non-hydrogen) atoms. The molecule has 0 aliphatic heterocycles. The van der Waals surface area contributed by atoms with E-state index in [4.69, 9.17) is 40.1 Å². The Bertz CT molecular complexity index is 126. The molecule has 84 valence electrons. The Hall–Kier alpha value is -0.280. The van der Waals surface area contributed by atoms with E-state index in [0.29, 0.717) is 0 Å². The van der Waals surface area contributed by atoms with E-state index in [2.05, 4.69) is 0 Å². The van der Waals surface area contributed by atoms with Crippen LogP contribution in [-0.4, -0.2) is 42.3 Å². The molecule has 0 atom stereocenters. The van der Waals surface area contributed by atoms with E-state index < -0.39 is 42.3 Å². The van der Waals surface area contributed by atoms with Gasteiger partial charge in [0.05, 0.1) is 0 Å². The predicted octanol–water partition coefficient (Wildman–Crippen LogP) is -4.71. The second kappa shape index (κ2) is 4.07. The zero-order chi connectivity index (χ0) is 11.0. The number of nitrogens with two attached hydrogens (primary N) is 7. The van der Waals surface area contributed by atoms with E-state index in [1.165, 1.54) is 0 Å². The van der Waals surface area contributed by atoms with E-state index >= 15 is 0 Å². The molecule has 0 saturated heterocycles. The van der Waals surface area contributed by atoms with Crippen LogP contribution in [-0.2, 0) is 0 Å². The van der Waals surface area contributed by atoms with Crippen LogP contribution >= 0.6 is 0 Å². The highest BCUT2D eigenvalue weighted by Crippen LogP contribution is 2.12. The van der Waals surface area contributed by atoms with Gasteiger partial charge in [-0.25, -0.2) is 0 Å². The molecule has 0 heterocycles. The molecule has 7 heteroatoms. The average molecular weight is 203 g/mol. The number of hydrogen-bond donors (Lipinski definition) is 7. The number of rotatable bonds is 0. The first kappa shape index (κ1) is 11.8. The van der Waals surface area contributed by atoms with Gasteiger partial charge >= 0.3 is 0 Å². The highest BCUT2D eigenvalue weighted by molar-refractivity contribution is 5.09. The summed E-state index contributed by atoms with van der Waals surface area (Å²) in [5.74, 6) is 0. The maximum absolute atomic E-state index is 5.81. The van der Waals surface area contributed by atoms with Crippen LogP contribution in [0.15, 0.2) is 0 Å². The molecule has 0 amide bonds. The highest BCUT2D eigenvalue weighted by Gasteiger charge is 2.41. The average Bonchev–Trinajstić information content (AvgIpc) is 2.23. The highest BCUT2D eigenvalue weighted by atomic mass is 15.0. The Morgan fingerprint density at radius 1 is 0.286 bits per heavy atom. The van der Waals surface area contributed by atoms with Gasteiger partial charge in [0.25, 0.3) is 0 Å². The molecule has 1 aliphatic rings. The zero-order valence-electron chi connectivity index (χ0n) is 8.08. The molecule has 1 fully saturated rings. The first-order valence-corrected chi connectivity index (χ1v) is 4.67. The molecule has 1 aliphatic carbocycles. The summed E-state index contributed by atoms with van der Waals surface area (Å²) in [6.07, 6.45) is 0. The Labute approximate surface area is 83.3 Å².